The molecule has 0 aliphatic heterocycles. The van der Waals surface area contributed by atoms with E-state index in [0.717, 1.165) is 0 Å². The van der Waals surface area contributed by atoms with Crippen LogP contribution in [0.2, 0.25) is 5.54 Å². The van der Waals surface area contributed by atoms with Gasteiger partial charge >= 0.3 is 9.76 Å². The maximum Gasteiger partial charge on any atom is 0.465 e. The summed E-state index contributed by atoms with van der Waals surface area (Å²) in [7, 11) is 1.93. The molecule has 1 rings (SSSR count). The highest BCUT2D eigenvalue weighted by Crippen LogP contribution is 2.21. The molecule has 0 saturated carbocycles. The quantitative estimate of drug-likeness (QED) is 0.585. The van der Waals surface area contributed by atoms with Crippen LogP contribution in [0.1, 0.15) is 19.8 Å². The Labute approximate surface area is 71.1 Å². The zero-order valence-corrected chi connectivity index (χ0v) is 8.36. The average molecular weight is 167 g/mol. The third-order valence-electron chi connectivity index (χ3n) is 1.89. The van der Waals surface area contributed by atoms with Gasteiger partial charge in [-0.15, -0.1) is 0 Å². The van der Waals surface area contributed by atoms with Crippen LogP contribution in [-0.2, 0) is 4.43 Å². The van der Waals surface area contributed by atoms with Crippen LogP contribution in [-0.4, -0.2) is 16.9 Å². The van der Waals surface area contributed by atoms with Crippen LogP contribution in [0.4, 0.5) is 0 Å². The Morgan fingerprint density at radius 1 is 1.55 bits per heavy atom. The minimum absolute atomic E-state index is 0.141. The molecule has 0 saturated heterocycles. The summed E-state index contributed by atoms with van der Waals surface area (Å²) in [6.45, 7) is 2.24. The molecule has 0 amide bonds. The molecule has 1 aliphatic rings. The molecule has 0 aromatic carbocycles. The summed E-state index contributed by atoms with van der Waals surface area (Å²) in [5, 5.41) is 0. The van der Waals surface area contributed by atoms with Crippen LogP contribution in [0.3, 0.4) is 0 Å². The smallest absolute Gasteiger partial charge is 0.234 e. The average Bonchev–Trinajstić information content (AvgIpc) is 2.07. The first-order valence-electron chi connectivity index (χ1n) is 4.07. The van der Waals surface area contributed by atoms with Gasteiger partial charge in [-0.2, -0.15) is 0 Å². The van der Waals surface area contributed by atoms with Crippen LogP contribution >= 0.6 is 0 Å². The van der Waals surface area contributed by atoms with Crippen molar-refractivity contribution in [3.63, 3.8) is 0 Å². The van der Waals surface area contributed by atoms with Crippen LogP contribution in [0.15, 0.2) is 23.8 Å². The molecule has 0 spiro atoms. The van der Waals surface area contributed by atoms with E-state index < -0.39 is 0 Å². The molecule has 0 bridgehead atoms. The number of allylic oxidation sites excluding steroid dienone is 4. The van der Waals surface area contributed by atoms with Gasteiger partial charge in [0.05, 0.1) is 7.11 Å². The van der Waals surface area contributed by atoms with Crippen molar-refractivity contribution in [1.29, 1.82) is 0 Å². The van der Waals surface area contributed by atoms with E-state index in [1.54, 1.807) is 7.11 Å². The summed E-state index contributed by atoms with van der Waals surface area (Å²) in [5.41, 5.74) is 2.10. The largest absolute Gasteiger partial charge is 0.465 e. The number of rotatable bonds is 3. The van der Waals surface area contributed by atoms with E-state index in [2.05, 4.69) is 25.2 Å². The van der Waals surface area contributed by atoms with E-state index in [4.69, 9.17) is 4.43 Å². The first-order valence-corrected chi connectivity index (χ1v) is 5.21. The monoisotopic (exact) mass is 167 g/mol. The summed E-state index contributed by atoms with van der Waals surface area (Å²) in [6, 6.07) is 0. The van der Waals surface area contributed by atoms with Gasteiger partial charge in [0.2, 0.25) is 0 Å². The van der Waals surface area contributed by atoms with Crippen LogP contribution < -0.4 is 0 Å². The lowest BCUT2D eigenvalue weighted by Crippen LogP contribution is -2.04. The molecule has 0 radical (unpaired) electrons. The van der Waals surface area contributed by atoms with Crippen LogP contribution in [0, 0.1) is 0 Å². The summed E-state index contributed by atoms with van der Waals surface area (Å²) in [5.74, 6) is 0. The molecule has 0 aromatic rings. The molecule has 1 atom stereocenters. The van der Waals surface area contributed by atoms with Gasteiger partial charge < -0.3 is 0 Å². The second-order valence-electron chi connectivity index (χ2n) is 2.84. The predicted octanol–water partition coefficient (Wildman–Crippen LogP) is 2.07. The Hall–Kier alpha value is -0.343. The van der Waals surface area contributed by atoms with Crippen molar-refractivity contribution in [2.75, 3.05) is 7.11 Å². The molecule has 1 unspecified atom stereocenters. The molecule has 1 nitrogen and oxygen atoms in total. The Morgan fingerprint density at radius 3 is 2.91 bits per heavy atom. The molecule has 0 aromatic heterocycles. The Bertz CT molecular complexity index is 172. The van der Waals surface area contributed by atoms with Gasteiger partial charge in [0, 0.05) is 0 Å². The van der Waals surface area contributed by atoms with Crippen molar-refractivity contribution in [3.05, 3.63) is 23.8 Å². The van der Waals surface area contributed by atoms with Crippen molar-refractivity contribution in [2.45, 2.75) is 25.3 Å². The lowest BCUT2D eigenvalue weighted by Gasteiger charge is -2.06. The Kier molecular flexibility index (Phi) is 3.59. The van der Waals surface area contributed by atoms with E-state index in [-0.39, 0.29) is 9.76 Å². The van der Waals surface area contributed by atoms with Gasteiger partial charge in [0.15, 0.2) is 0 Å². The van der Waals surface area contributed by atoms with Crippen LogP contribution in [0.5, 0.6) is 0 Å². The van der Waals surface area contributed by atoms with E-state index in [0.29, 0.717) is 5.54 Å². The van der Waals surface area contributed by atoms with E-state index in [9.17, 15) is 0 Å². The second-order valence-corrected chi connectivity index (χ2v) is 4.59. The molecular weight excluding hydrogens is 152 g/mol. The van der Waals surface area contributed by atoms with Gasteiger partial charge in [-0.3, -0.25) is 0 Å². The van der Waals surface area contributed by atoms with Crippen molar-refractivity contribution in [3.8, 4) is 0 Å². The summed E-state index contributed by atoms with van der Waals surface area (Å²) in [4.78, 5) is 0. The normalized spacial score (nSPS) is 19.3. The molecule has 2 heteroatoms. The maximum absolute atomic E-state index is 5.17. The van der Waals surface area contributed by atoms with Crippen molar-refractivity contribution in [2.24, 2.45) is 0 Å². The van der Waals surface area contributed by atoms with E-state index >= 15 is 0 Å². The van der Waals surface area contributed by atoms with Crippen molar-refractivity contribution >= 4 is 9.76 Å². The standard InChI is InChI=1S/C9H15OSi/c1-8(11-10-2)9-6-4-3-5-7-9/h4,6-8,11H,3,5H2,1-2H3/q+1. The molecule has 0 N–H and O–H groups in total. The highest BCUT2D eigenvalue weighted by atomic mass is 28.2. The molecule has 11 heavy (non-hydrogen) atoms. The third-order valence-corrected chi connectivity index (χ3v) is 2.95. The SMILES string of the molecule is CO[SiH+]C(C)C1=CCCC=C1. The van der Waals surface area contributed by atoms with Crippen molar-refractivity contribution in [1.82, 2.24) is 0 Å². The topological polar surface area (TPSA) is 9.23 Å². The molecule has 1 aliphatic carbocycles. The van der Waals surface area contributed by atoms with Crippen LogP contribution in [0.25, 0.3) is 0 Å². The zero-order valence-electron chi connectivity index (χ0n) is 7.21. The number of hydrogen-bond donors (Lipinski definition) is 0. The van der Waals surface area contributed by atoms with E-state index in [1.807, 2.05) is 0 Å². The van der Waals surface area contributed by atoms with E-state index in [1.165, 1.54) is 18.4 Å². The summed E-state index contributed by atoms with van der Waals surface area (Å²) >= 11 is 0. The lowest BCUT2D eigenvalue weighted by atomic mass is 10.1. The van der Waals surface area contributed by atoms with Gasteiger partial charge in [0.25, 0.3) is 0 Å². The molecule has 60 valence electrons. The highest BCUT2D eigenvalue weighted by molar-refractivity contribution is 6.30. The maximum atomic E-state index is 5.17. The highest BCUT2D eigenvalue weighted by Gasteiger charge is 2.18. The Morgan fingerprint density at radius 2 is 2.36 bits per heavy atom. The van der Waals surface area contributed by atoms with Gasteiger partial charge in [-0.25, -0.2) is 4.43 Å². The van der Waals surface area contributed by atoms with Gasteiger partial charge in [0.1, 0.15) is 5.54 Å². The third kappa shape index (κ3) is 2.64. The fourth-order valence-electron chi connectivity index (χ4n) is 1.25. The fourth-order valence-corrected chi connectivity index (χ4v) is 2.07. The second kappa shape index (κ2) is 4.52. The minimum atomic E-state index is 0.141. The minimum Gasteiger partial charge on any atom is -0.234 e. The fraction of sp³-hybridized carbons (Fsp3) is 0.556. The zero-order chi connectivity index (χ0) is 8.10. The first-order chi connectivity index (χ1) is 5.34. The lowest BCUT2D eigenvalue weighted by molar-refractivity contribution is 0.436. The molecular formula is C9H15OSi+. The predicted molar refractivity (Wildman–Crippen MR) is 50.0 cm³/mol. The Balaban J connectivity index is 2.45. The van der Waals surface area contributed by atoms with Crippen molar-refractivity contribution < 1.29 is 4.43 Å². The van der Waals surface area contributed by atoms with Gasteiger partial charge in [-0.05, 0) is 25.3 Å². The first kappa shape index (κ1) is 8.75. The molecule has 0 fully saturated rings. The van der Waals surface area contributed by atoms with Gasteiger partial charge in [-0.1, -0.05) is 18.2 Å². The summed E-state index contributed by atoms with van der Waals surface area (Å²) in [6.07, 6.45) is 9.23. The molecule has 0 heterocycles. The number of hydrogen-bond acceptors (Lipinski definition) is 1. The summed E-state index contributed by atoms with van der Waals surface area (Å²) < 4.78 is 5.17.